The summed E-state index contributed by atoms with van der Waals surface area (Å²) in [5, 5.41) is 9.58. The van der Waals surface area contributed by atoms with Crippen LogP contribution in [0.3, 0.4) is 0 Å². The molecule has 0 aliphatic rings. The summed E-state index contributed by atoms with van der Waals surface area (Å²) in [6.45, 7) is 2.50. The molecule has 3 rings (SSSR count). The summed E-state index contributed by atoms with van der Waals surface area (Å²) in [7, 11) is 0. The van der Waals surface area contributed by atoms with Crippen LogP contribution in [0.5, 0.6) is 11.5 Å². The van der Waals surface area contributed by atoms with Crippen molar-refractivity contribution in [3.63, 3.8) is 0 Å². The van der Waals surface area contributed by atoms with Gasteiger partial charge < -0.3 is 9.84 Å². The molecular weight excluding hydrogens is 284 g/mol. The molecule has 0 aliphatic heterocycles. The van der Waals surface area contributed by atoms with Crippen molar-refractivity contribution in [2.24, 2.45) is 0 Å². The predicted octanol–water partition coefficient (Wildman–Crippen LogP) is 4.87. The lowest BCUT2D eigenvalue weighted by atomic mass is 10.0. The SMILES string of the molecule is Cc1cc(Cc2ccc(OCc3ccccc3)cc2)ccc1O. The van der Waals surface area contributed by atoms with Gasteiger partial charge >= 0.3 is 0 Å². The molecule has 0 amide bonds. The Morgan fingerprint density at radius 1 is 0.783 bits per heavy atom. The number of aryl methyl sites for hydroxylation is 1. The topological polar surface area (TPSA) is 29.5 Å². The molecule has 2 heteroatoms. The summed E-state index contributed by atoms with van der Waals surface area (Å²) in [5.74, 6) is 1.22. The Morgan fingerprint density at radius 2 is 1.48 bits per heavy atom. The van der Waals surface area contributed by atoms with Crippen LogP contribution in [0.15, 0.2) is 72.8 Å². The minimum Gasteiger partial charge on any atom is -0.508 e. The smallest absolute Gasteiger partial charge is 0.119 e. The molecule has 3 aromatic carbocycles. The summed E-state index contributed by atoms with van der Waals surface area (Å²) in [6, 6.07) is 24.1. The number of hydrogen-bond donors (Lipinski definition) is 1. The van der Waals surface area contributed by atoms with Gasteiger partial charge in [-0.2, -0.15) is 0 Å². The van der Waals surface area contributed by atoms with E-state index in [2.05, 4.69) is 24.3 Å². The zero-order valence-electron chi connectivity index (χ0n) is 13.2. The van der Waals surface area contributed by atoms with Gasteiger partial charge in [0.15, 0.2) is 0 Å². The van der Waals surface area contributed by atoms with E-state index in [1.54, 1.807) is 6.07 Å². The molecule has 0 unspecified atom stereocenters. The van der Waals surface area contributed by atoms with Crippen LogP contribution >= 0.6 is 0 Å². The van der Waals surface area contributed by atoms with Crippen molar-refractivity contribution in [1.29, 1.82) is 0 Å². The Hall–Kier alpha value is -2.74. The van der Waals surface area contributed by atoms with Crippen LogP contribution in [-0.2, 0) is 13.0 Å². The molecule has 1 N–H and O–H groups in total. The third-order valence-electron chi connectivity index (χ3n) is 3.84. The second-order valence-electron chi connectivity index (χ2n) is 5.72. The zero-order valence-corrected chi connectivity index (χ0v) is 13.2. The molecule has 0 atom stereocenters. The second kappa shape index (κ2) is 7.01. The summed E-state index contributed by atoms with van der Waals surface area (Å²) in [4.78, 5) is 0. The van der Waals surface area contributed by atoms with E-state index in [-0.39, 0.29) is 0 Å². The number of phenolic OH excluding ortho intramolecular Hbond substituents is 1. The lowest BCUT2D eigenvalue weighted by Crippen LogP contribution is -1.95. The third-order valence-corrected chi connectivity index (χ3v) is 3.84. The van der Waals surface area contributed by atoms with Gasteiger partial charge in [0.25, 0.3) is 0 Å². The quantitative estimate of drug-likeness (QED) is 0.728. The molecule has 0 saturated heterocycles. The lowest BCUT2D eigenvalue weighted by molar-refractivity contribution is 0.306. The van der Waals surface area contributed by atoms with Crippen LogP contribution in [0, 0.1) is 6.92 Å². The van der Waals surface area contributed by atoms with E-state index in [0.29, 0.717) is 12.4 Å². The van der Waals surface area contributed by atoms with E-state index in [1.807, 2.05) is 49.4 Å². The van der Waals surface area contributed by atoms with Gasteiger partial charge in [0.2, 0.25) is 0 Å². The van der Waals surface area contributed by atoms with E-state index in [0.717, 1.165) is 23.3 Å². The van der Waals surface area contributed by atoms with E-state index >= 15 is 0 Å². The minimum atomic E-state index is 0.346. The summed E-state index contributed by atoms with van der Waals surface area (Å²) in [5.41, 5.74) is 4.49. The summed E-state index contributed by atoms with van der Waals surface area (Å²) in [6.07, 6.45) is 0.847. The van der Waals surface area contributed by atoms with Gasteiger partial charge in [0.1, 0.15) is 18.1 Å². The van der Waals surface area contributed by atoms with Gasteiger partial charge in [-0.25, -0.2) is 0 Å². The number of rotatable bonds is 5. The Balaban J connectivity index is 1.61. The van der Waals surface area contributed by atoms with Gasteiger partial charge in [0.05, 0.1) is 0 Å². The van der Waals surface area contributed by atoms with Crippen molar-refractivity contribution in [2.45, 2.75) is 20.0 Å². The highest BCUT2D eigenvalue weighted by molar-refractivity contribution is 5.38. The van der Waals surface area contributed by atoms with Crippen LogP contribution in [-0.4, -0.2) is 5.11 Å². The number of phenols is 1. The van der Waals surface area contributed by atoms with E-state index in [1.165, 1.54) is 11.1 Å². The fourth-order valence-corrected chi connectivity index (χ4v) is 2.51. The minimum absolute atomic E-state index is 0.346. The van der Waals surface area contributed by atoms with Gasteiger partial charge in [0, 0.05) is 0 Å². The van der Waals surface area contributed by atoms with Crippen molar-refractivity contribution in [1.82, 2.24) is 0 Å². The van der Waals surface area contributed by atoms with Crippen LogP contribution in [0.1, 0.15) is 22.3 Å². The highest BCUT2D eigenvalue weighted by Gasteiger charge is 2.01. The highest BCUT2D eigenvalue weighted by atomic mass is 16.5. The molecular formula is C21H20O2. The van der Waals surface area contributed by atoms with Gasteiger partial charge in [-0.1, -0.05) is 54.6 Å². The van der Waals surface area contributed by atoms with E-state index in [4.69, 9.17) is 4.74 Å². The molecule has 0 saturated carbocycles. The average molecular weight is 304 g/mol. The maximum Gasteiger partial charge on any atom is 0.119 e. The number of benzene rings is 3. The Bertz CT molecular complexity index is 762. The highest BCUT2D eigenvalue weighted by Crippen LogP contribution is 2.20. The van der Waals surface area contributed by atoms with Crippen molar-refractivity contribution in [2.75, 3.05) is 0 Å². The monoisotopic (exact) mass is 304 g/mol. The number of hydrogen-bond acceptors (Lipinski definition) is 2. The molecule has 0 radical (unpaired) electrons. The predicted molar refractivity (Wildman–Crippen MR) is 92.9 cm³/mol. The number of aromatic hydroxyl groups is 1. The first-order chi connectivity index (χ1) is 11.2. The molecule has 3 aromatic rings. The van der Waals surface area contributed by atoms with E-state index in [9.17, 15) is 5.11 Å². The Labute approximate surface area is 137 Å². The van der Waals surface area contributed by atoms with Crippen LogP contribution < -0.4 is 4.74 Å². The standard InChI is InChI=1S/C21H20O2/c1-16-13-19(9-12-21(16)22)14-17-7-10-20(11-8-17)23-15-18-5-3-2-4-6-18/h2-13,22H,14-15H2,1H3. The normalized spacial score (nSPS) is 10.5. The first-order valence-electron chi connectivity index (χ1n) is 7.75. The summed E-state index contributed by atoms with van der Waals surface area (Å²) < 4.78 is 5.80. The van der Waals surface area contributed by atoms with E-state index < -0.39 is 0 Å². The molecule has 0 aromatic heterocycles. The summed E-state index contributed by atoms with van der Waals surface area (Å²) >= 11 is 0. The van der Waals surface area contributed by atoms with Crippen molar-refractivity contribution < 1.29 is 9.84 Å². The molecule has 0 bridgehead atoms. The molecule has 116 valence electrons. The van der Waals surface area contributed by atoms with Gasteiger partial charge in [-0.3, -0.25) is 0 Å². The fraction of sp³-hybridized carbons (Fsp3) is 0.143. The van der Waals surface area contributed by atoms with Gasteiger partial charge in [-0.05, 0) is 53.8 Å². The lowest BCUT2D eigenvalue weighted by Gasteiger charge is -2.08. The third kappa shape index (κ3) is 4.13. The molecule has 23 heavy (non-hydrogen) atoms. The maximum atomic E-state index is 9.58. The first kappa shape index (κ1) is 15.2. The van der Waals surface area contributed by atoms with Crippen molar-refractivity contribution >= 4 is 0 Å². The molecule has 0 aliphatic carbocycles. The molecule has 2 nitrogen and oxygen atoms in total. The Morgan fingerprint density at radius 3 is 2.17 bits per heavy atom. The first-order valence-corrected chi connectivity index (χ1v) is 7.75. The average Bonchev–Trinajstić information content (AvgIpc) is 2.58. The molecule has 0 spiro atoms. The fourth-order valence-electron chi connectivity index (χ4n) is 2.51. The largest absolute Gasteiger partial charge is 0.508 e. The van der Waals surface area contributed by atoms with Crippen LogP contribution in [0.2, 0.25) is 0 Å². The van der Waals surface area contributed by atoms with Gasteiger partial charge in [-0.15, -0.1) is 0 Å². The van der Waals surface area contributed by atoms with Crippen LogP contribution in [0.25, 0.3) is 0 Å². The zero-order chi connectivity index (χ0) is 16.1. The maximum absolute atomic E-state index is 9.58. The Kier molecular flexibility index (Phi) is 4.62. The van der Waals surface area contributed by atoms with Crippen molar-refractivity contribution in [3.05, 3.63) is 95.1 Å². The van der Waals surface area contributed by atoms with Crippen LogP contribution in [0.4, 0.5) is 0 Å². The second-order valence-corrected chi connectivity index (χ2v) is 5.72. The molecule has 0 heterocycles. The number of ether oxygens (including phenoxy) is 1. The van der Waals surface area contributed by atoms with Crippen molar-refractivity contribution in [3.8, 4) is 11.5 Å². The molecule has 0 fully saturated rings.